The quantitative estimate of drug-likeness (QED) is 0.827. The van der Waals surface area contributed by atoms with E-state index < -0.39 is 6.10 Å². The van der Waals surface area contributed by atoms with Crippen LogP contribution in [-0.2, 0) is 11.2 Å². The molecular formula is C20H29N2O3+. The van der Waals surface area contributed by atoms with E-state index in [1.54, 1.807) is 7.11 Å². The molecule has 0 unspecified atom stereocenters. The minimum Gasteiger partial charge on any atom is -0.497 e. The van der Waals surface area contributed by atoms with Crippen molar-refractivity contribution in [3.63, 3.8) is 0 Å². The van der Waals surface area contributed by atoms with Gasteiger partial charge in [-0.05, 0) is 37.0 Å². The lowest BCUT2D eigenvalue weighted by molar-refractivity contribution is -0.660. The lowest BCUT2D eigenvalue weighted by Gasteiger charge is -2.54. The van der Waals surface area contributed by atoms with E-state index >= 15 is 0 Å². The fourth-order valence-corrected chi connectivity index (χ4v) is 5.44. The summed E-state index contributed by atoms with van der Waals surface area (Å²) in [6, 6.07) is 8.69. The number of methoxy groups -OCH3 is 1. The maximum absolute atomic E-state index is 12.4. The minimum atomic E-state index is -0.557. The van der Waals surface area contributed by atoms with E-state index in [0.717, 1.165) is 38.0 Å². The SMILES string of the molecule is C[NH2+][C@@H]1CN2[C@@H](Cc3ccc(OC)cc3)[C@@H](O)[C@H]3C[C@@]2(CCC3=O)C1. The van der Waals surface area contributed by atoms with Gasteiger partial charge in [-0.3, -0.25) is 9.69 Å². The molecule has 4 rings (SSSR count). The van der Waals surface area contributed by atoms with Gasteiger partial charge in [0.25, 0.3) is 0 Å². The molecule has 0 amide bonds. The molecule has 1 aliphatic carbocycles. The van der Waals surface area contributed by atoms with Gasteiger partial charge in [0.1, 0.15) is 17.6 Å². The number of aliphatic hydroxyl groups excluding tert-OH is 1. The molecule has 0 radical (unpaired) electrons. The van der Waals surface area contributed by atoms with E-state index in [2.05, 4.69) is 29.4 Å². The van der Waals surface area contributed by atoms with Crippen LogP contribution >= 0.6 is 0 Å². The van der Waals surface area contributed by atoms with Gasteiger partial charge in [0.2, 0.25) is 0 Å². The van der Waals surface area contributed by atoms with E-state index in [1.165, 1.54) is 5.56 Å². The van der Waals surface area contributed by atoms with Crippen molar-refractivity contribution in [2.45, 2.75) is 55.8 Å². The average molecular weight is 345 g/mol. The van der Waals surface area contributed by atoms with E-state index in [4.69, 9.17) is 4.74 Å². The first-order valence-electron chi connectivity index (χ1n) is 9.46. The molecule has 5 nitrogen and oxygen atoms in total. The molecule has 3 fully saturated rings. The number of nitrogens with zero attached hydrogens (tertiary/aromatic N) is 1. The van der Waals surface area contributed by atoms with Gasteiger partial charge in [-0.1, -0.05) is 12.1 Å². The summed E-state index contributed by atoms with van der Waals surface area (Å²) in [5, 5.41) is 13.3. The van der Waals surface area contributed by atoms with Crippen molar-refractivity contribution in [1.29, 1.82) is 0 Å². The summed E-state index contributed by atoms with van der Waals surface area (Å²) >= 11 is 0. The zero-order valence-electron chi connectivity index (χ0n) is 15.1. The number of carbonyl (C=O) groups is 1. The van der Waals surface area contributed by atoms with Crippen molar-refractivity contribution in [2.24, 2.45) is 5.92 Å². The number of likely N-dealkylation sites (N-methyl/N-ethyl adjacent to an activating group) is 1. The summed E-state index contributed by atoms with van der Waals surface area (Å²) < 4.78 is 5.24. The first-order valence-corrected chi connectivity index (χ1v) is 9.46. The Bertz CT molecular complexity index is 647. The number of fused-ring (bicyclic) bond motifs is 1. The largest absolute Gasteiger partial charge is 0.497 e. The Morgan fingerprint density at radius 2 is 2.08 bits per heavy atom. The zero-order valence-corrected chi connectivity index (χ0v) is 15.1. The highest BCUT2D eigenvalue weighted by atomic mass is 16.5. The molecule has 2 bridgehead atoms. The van der Waals surface area contributed by atoms with E-state index in [9.17, 15) is 9.90 Å². The Morgan fingerprint density at radius 3 is 2.76 bits per heavy atom. The van der Waals surface area contributed by atoms with Crippen molar-refractivity contribution in [2.75, 3.05) is 20.7 Å². The average Bonchev–Trinajstić information content (AvgIpc) is 3.00. The highest BCUT2D eigenvalue weighted by molar-refractivity contribution is 5.83. The van der Waals surface area contributed by atoms with Gasteiger partial charge in [0.05, 0.1) is 26.8 Å². The number of hydrogen-bond acceptors (Lipinski definition) is 4. The van der Waals surface area contributed by atoms with Gasteiger partial charge in [0.15, 0.2) is 0 Å². The number of aliphatic hydroxyl groups is 1. The number of Topliss-reactive ketones (excluding diaryl/α,β-unsaturated/α-hetero) is 1. The van der Waals surface area contributed by atoms with Gasteiger partial charge in [-0.2, -0.15) is 0 Å². The molecule has 0 aromatic heterocycles. The molecule has 5 heteroatoms. The number of piperidine rings is 1. The number of ether oxygens (including phenoxy) is 1. The Kier molecular flexibility index (Phi) is 4.34. The van der Waals surface area contributed by atoms with Crippen LogP contribution in [0.2, 0.25) is 0 Å². The maximum atomic E-state index is 12.4. The van der Waals surface area contributed by atoms with Gasteiger partial charge < -0.3 is 15.2 Å². The number of rotatable bonds is 4. The topological polar surface area (TPSA) is 66.4 Å². The fourth-order valence-electron chi connectivity index (χ4n) is 5.44. The molecule has 1 saturated carbocycles. The second kappa shape index (κ2) is 6.38. The predicted octanol–water partition coefficient (Wildman–Crippen LogP) is 0.356. The molecule has 2 aliphatic heterocycles. The number of nitrogens with two attached hydrogens (primary N) is 1. The number of quaternary nitrogens is 1. The van der Waals surface area contributed by atoms with Crippen LogP contribution in [0.15, 0.2) is 24.3 Å². The summed E-state index contributed by atoms with van der Waals surface area (Å²) in [5.41, 5.74) is 1.31. The predicted molar refractivity (Wildman–Crippen MR) is 94.5 cm³/mol. The van der Waals surface area contributed by atoms with Crippen LogP contribution < -0.4 is 10.1 Å². The third-order valence-electron chi connectivity index (χ3n) is 6.81. The molecular weight excluding hydrogens is 316 g/mol. The van der Waals surface area contributed by atoms with E-state index in [0.29, 0.717) is 12.5 Å². The summed E-state index contributed by atoms with van der Waals surface area (Å²) in [6.45, 7) is 1.01. The number of ketones is 1. The lowest BCUT2D eigenvalue weighted by atomic mass is 9.66. The molecule has 1 aromatic rings. The minimum absolute atomic E-state index is 0.0290. The number of carbonyl (C=O) groups excluding carboxylic acids is 1. The van der Waals surface area contributed by atoms with Crippen LogP contribution in [0.1, 0.15) is 31.2 Å². The van der Waals surface area contributed by atoms with Crippen LogP contribution in [0, 0.1) is 5.92 Å². The molecule has 1 aromatic carbocycles. The van der Waals surface area contributed by atoms with Crippen LogP contribution in [-0.4, -0.2) is 60.2 Å². The molecule has 3 N–H and O–H groups in total. The summed E-state index contributed by atoms with van der Waals surface area (Å²) in [7, 11) is 3.81. The summed E-state index contributed by atoms with van der Waals surface area (Å²) in [5.74, 6) is 0.934. The second-order valence-corrected chi connectivity index (χ2v) is 8.06. The smallest absolute Gasteiger partial charge is 0.138 e. The van der Waals surface area contributed by atoms with Crippen LogP contribution in [0.5, 0.6) is 5.75 Å². The highest BCUT2D eigenvalue weighted by Gasteiger charge is 2.59. The van der Waals surface area contributed by atoms with Crippen molar-refractivity contribution in [1.82, 2.24) is 4.90 Å². The molecule has 3 aliphatic rings. The van der Waals surface area contributed by atoms with Gasteiger partial charge in [0, 0.05) is 30.3 Å². The second-order valence-electron chi connectivity index (χ2n) is 8.06. The molecule has 5 atom stereocenters. The Hall–Kier alpha value is -1.43. The summed E-state index contributed by atoms with van der Waals surface area (Å²) in [4.78, 5) is 15.0. The van der Waals surface area contributed by atoms with Gasteiger partial charge in [-0.25, -0.2) is 0 Å². The van der Waals surface area contributed by atoms with E-state index in [1.807, 2.05) is 12.1 Å². The number of benzene rings is 1. The standard InChI is InChI=1S/C20H28N2O3/c1-21-14-10-20-8-7-18(23)16(11-20)19(24)17(22(20)12-14)9-13-3-5-15(25-2)6-4-13/h3-6,14,16-17,19,21,24H,7-12H2,1-2H3/p+1/t14-,16-,17-,19-,20+/m0/s1. The first kappa shape index (κ1) is 17.0. The van der Waals surface area contributed by atoms with Crippen LogP contribution in [0.4, 0.5) is 0 Å². The first-order chi connectivity index (χ1) is 12.1. The normalized spacial score (nSPS) is 37.8. The Morgan fingerprint density at radius 1 is 1.32 bits per heavy atom. The molecule has 25 heavy (non-hydrogen) atoms. The van der Waals surface area contributed by atoms with Crippen molar-refractivity contribution in [3.05, 3.63) is 29.8 Å². The Labute approximate surface area is 149 Å². The van der Waals surface area contributed by atoms with Crippen molar-refractivity contribution in [3.8, 4) is 5.75 Å². The molecule has 136 valence electrons. The maximum Gasteiger partial charge on any atom is 0.138 e. The van der Waals surface area contributed by atoms with E-state index in [-0.39, 0.29) is 23.3 Å². The van der Waals surface area contributed by atoms with Crippen molar-refractivity contribution >= 4 is 5.78 Å². The van der Waals surface area contributed by atoms with Crippen molar-refractivity contribution < 1.29 is 20.0 Å². The third-order valence-corrected chi connectivity index (χ3v) is 6.81. The monoisotopic (exact) mass is 345 g/mol. The third kappa shape index (κ3) is 2.78. The van der Waals surface area contributed by atoms with Gasteiger partial charge >= 0.3 is 0 Å². The fraction of sp³-hybridized carbons (Fsp3) is 0.650. The summed E-state index contributed by atoms with van der Waals surface area (Å²) in [6.07, 6.45) is 3.80. The lowest BCUT2D eigenvalue weighted by Crippen LogP contribution is -2.86. The molecule has 2 saturated heterocycles. The molecule has 1 spiro atoms. The Balaban J connectivity index is 1.63. The van der Waals surface area contributed by atoms with Crippen LogP contribution in [0.25, 0.3) is 0 Å². The van der Waals surface area contributed by atoms with Gasteiger partial charge in [-0.15, -0.1) is 0 Å². The highest BCUT2D eigenvalue weighted by Crippen LogP contribution is 2.49. The zero-order chi connectivity index (χ0) is 17.6. The van der Waals surface area contributed by atoms with Crippen LogP contribution in [0.3, 0.4) is 0 Å². The number of hydrogen-bond donors (Lipinski definition) is 2. The molecule has 2 heterocycles.